The van der Waals surface area contributed by atoms with Crippen molar-refractivity contribution >= 4 is 17.5 Å². The van der Waals surface area contributed by atoms with Crippen molar-refractivity contribution in [1.82, 2.24) is 20.4 Å². The van der Waals surface area contributed by atoms with Crippen LogP contribution < -0.4 is 10.6 Å². The number of nitrogens with one attached hydrogen (secondary N) is 2. The topological polar surface area (TPSA) is 110 Å². The van der Waals surface area contributed by atoms with Gasteiger partial charge >= 0.3 is 0 Å². The van der Waals surface area contributed by atoms with E-state index in [0.717, 1.165) is 18.4 Å². The molecule has 0 spiro atoms. The van der Waals surface area contributed by atoms with E-state index in [9.17, 15) is 9.59 Å². The molecule has 8 heteroatoms. The minimum Gasteiger partial charge on any atom is -0.349 e. The van der Waals surface area contributed by atoms with E-state index in [-0.39, 0.29) is 24.3 Å². The zero-order chi connectivity index (χ0) is 19.3. The molecular formula is C20H19N5O3. The molecule has 0 unspecified atom stereocenters. The Morgan fingerprint density at radius 1 is 1.11 bits per heavy atom. The van der Waals surface area contributed by atoms with E-state index in [1.165, 1.54) is 0 Å². The van der Waals surface area contributed by atoms with Crippen LogP contribution in [0.1, 0.15) is 35.5 Å². The summed E-state index contributed by atoms with van der Waals surface area (Å²) >= 11 is 0. The van der Waals surface area contributed by atoms with Crippen LogP contribution in [0, 0.1) is 0 Å². The first-order valence-corrected chi connectivity index (χ1v) is 9.12. The highest BCUT2D eigenvalue weighted by atomic mass is 16.5. The molecule has 2 aromatic heterocycles. The summed E-state index contributed by atoms with van der Waals surface area (Å²) in [6.07, 6.45) is 5.78. The lowest BCUT2D eigenvalue weighted by Crippen LogP contribution is -2.27. The summed E-state index contributed by atoms with van der Waals surface area (Å²) in [7, 11) is 0. The van der Waals surface area contributed by atoms with Gasteiger partial charge in [0.2, 0.25) is 17.6 Å². The third kappa shape index (κ3) is 4.40. The second-order valence-corrected chi connectivity index (χ2v) is 6.59. The van der Waals surface area contributed by atoms with Crippen LogP contribution in [0.4, 0.5) is 5.69 Å². The number of nitrogens with zero attached hydrogens (tertiary/aromatic N) is 3. The Bertz CT molecular complexity index is 982. The maximum Gasteiger partial charge on any atom is 0.253 e. The number of amides is 2. The number of rotatable bonds is 7. The van der Waals surface area contributed by atoms with Crippen LogP contribution in [0.15, 0.2) is 53.3 Å². The van der Waals surface area contributed by atoms with Crippen LogP contribution in [0.3, 0.4) is 0 Å². The molecule has 28 heavy (non-hydrogen) atoms. The first-order chi connectivity index (χ1) is 13.7. The molecule has 1 fully saturated rings. The first-order valence-electron chi connectivity index (χ1n) is 9.12. The highest BCUT2D eigenvalue weighted by Gasteiger charge is 2.25. The molecule has 2 N–H and O–H groups in total. The minimum absolute atomic E-state index is 0.163. The number of aromatic nitrogens is 3. The van der Waals surface area contributed by atoms with Gasteiger partial charge in [-0.05, 0) is 37.1 Å². The van der Waals surface area contributed by atoms with Crippen LogP contribution in [0.2, 0.25) is 0 Å². The molecule has 1 aromatic carbocycles. The van der Waals surface area contributed by atoms with Gasteiger partial charge in [-0.1, -0.05) is 17.3 Å². The Kier molecular flexibility index (Phi) is 5.09. The molecule has 2 amide bonds. The van der Waals surface area contributed by atoms with Gasteiger partial charge < -0.3 is 15.2 Å². The van der Waals surface area contributed by atoms with Crippen LogP contribution in [0.5, 0.6) is 0 Å². The van der Waals surface area contributed by atoms with E-state index in [1.54, 1.807) is 48.8 Å². The summed E-state index contributed by atoms with van der Waals surface area (Å²) in [5.74, 6) is 0.439. The molecule has 0 atom stereocenters. The lowest BCUT2D eigenvalue weighted by Gasteiger charge is -2.10. The maximum atomic E-state index is 12.3. The lowest BCUT2D eigenvalue weighted by molar-refractivity contribution is -0.116. The first kappa shape index (κ1) is 17.8. The van der Waals surface area contributed by atoms with Crippen LogP contribution in [-0.4, -0.2) is 33.0 Å². The van der Waals surface area contributed by atoms with Crippen molar-refractivity contribution in [3.63, 3.8) is 0 Å². The SMILES string of the molecule is O=C(CCc1nc(-c2ccncc2)no1)Nc1ccccc1C(=O)NC1CC1. The van der Waals surface area contributed by atoms with E-state index in [2.05, 4.69) is 25.8 Å². The molecular weight excluding hydrogens is 358 g/mol. The molecule has 1 aliphatic carbocycles. The average Bonchev–Trinajstić information content (AvgIpc) is 3.40. The molecule has 0 bridgehead atoms. The predicted molar refractivity (Wildman–Crippen MR) is 101 cm³/mol. The van der Waals surface area contributed by atoms with Gasteiger partial charge in [0.05, 0.1) is 11.3 Å². The van der Waals surface area contributed by atoms with Crippen molar-refractivity contribution < 1.29 is 14.1 Å². The average molecular weight is 377 g/mol. The van der Waals surface area contributed by atoms with E-state index in [4.69, 9.17) is 4.52 Å². The summed E-state index contributed by atoms with van der Waals surface area (Å²) in [5, 5.41) is 9.65. The number of hydrogen-bond donors (Lipinski definition) is 2. The third-order valence-electron chi connectivity index (χ3n) is 4.33. The minimum atomic E-state index is -0.227. The van der Waals surface area contributed by atoms with Crippen LogP contribution >= 0.6 is 0 Å². The second kappa shape index (κ2) is 7.99. The number of carbonyl (C=O) groups is 2. The molecule has 1 saturated carbocycles. The zero-order valence-corrected chi connectivity index (χ0v) is 15.1. The van der Waals surface area contributed by atoms with Crippen LogP contribution in [-0.2, 0) is 11.2 Å². The Morgan fingerprint density at radius 3 is 2.68 bits per heavy atom. The molecule has 0 aliphatic heterocycles. The molecule has 142 valence electrons. The summed E-state index contributed by atoms with van der Waals surface area (Å²) in [6, 6.07) is 10.8. The fraction of sp³-hybridized carbons (Fsp3) is 0.250. The Labute approximate surface area is 161 Å². The van der Waals surface area contributed by atoms with Crippen molar-refractivity contribution in [3.05, 3.63) is 60.2 Å². The largest absolute Gasteiger partial charge is 0.349 e. The van der Waals surface area contributed by atoms with Crippen molar-refractivity contribution in [2.24, 2.45) is 0 Å². The molecule has 0 radical (unpaired) electrons. The number of aryl methyl sites for hydroxylation is 1. The molecule has 1 aliphatic rings. The zero-order valence-electron chi connectivity index (χ0n) is 15.1. The summed E-state index contributed by atoms with van der Waals surface area (Å²) in [5.41, 5.74) is 1.75. The Hall–Kier alpha value is -3.55. The standard InChI is InChI=1S/C20H19N5O3/c26-17(7-8-18-24-19(25-28-18)13-9-11-21-12-10-13)23-16-4-2-1-3-15(16)20(27)22-14-5-6-14/h1-4,9-12,14H,5-8H2,(H,22,27)(H,23,26). The fourth-order valence-corrected chi connectivity index (χ4v) is 2.69. The second-order valence-electron chi connectivity index (χ2n) is 6.59. The van der Waals surface area contributed by atoms with Gasteiger partial charge in [-0.25, -0.2) is 0 Å². The van der Waals surface area contributed by atoms with Crippen molar-refractivity contribution in [1.29, 1.82) is 0 Å². The van der Waals surface area contributed by atoms with Crippen LogP contribution in [0.25, 0.3) is 11.4 Å². The van der Waals surface area contributed by atoms with Gasteiger partial charge in [0.25, 0.3) is 5.91 Å². The third-order valence-corrected chi connectivity index (χ3v) is 4.33. The number of benzene rings is 1. The summed E-state index contributed by atoms with van der Waals surface area (Å²) in [6.45, 7) is 0. The Morgan fingerprint density at radius 2 is 1.89 bits per heavy atom. The van der Waals surface area contributed by atoms with Crippen molar-refractivity contribution in [2.45, 2.75) is 31.7 Å². The van der Waals surface area contributed by atoms with Gasteiger partial charge in [-0.15, -0.1) is 0 Å². The van der Waals surface area contributed by atoms with E-state index < -0.39 is 0 Å². The van der Waals surface area contributed by atoms with E-state index in [1.807, 2.05) is 0 Å². The summed E-state index contributed by atoms with van der Waals surface area (Å²) in [4.78, 5) is 32.9. The predicted octanol–water partition coefficient (Wildman–Crippen LogP) is 2.60. The monoisotopic (exact) mass is 377 g/mol. The number of carbonyl (C=O) groups excluding carboxylic acids is 2. The smallest absolute Gasteiger partial charge is 0.253 e. The molecule has 8 nitrogen and oxygen atoms in total. The maximum absolute atomic E-state index is 12.3. The van der Waals surface area contributed by atoms with Gasteiger partial charge in [-0.2, -0.15) is 4.98 Å². The Balaban J connectivity index is 1.35. The summed E-state index contributed by atoms with van der Waals surface area (Å²) < 4.78 is 5.21. The van der Waals surface area contributed by atoms with Gasteiger partial charge in [-0.3, -0.25) is 14.6 Å². The highest BCUT2D eigenvalue weighted by molar-refractivity contribution is 6.03. The van der Waals surface area contributed by atoms with Gasteiger partial charge in [0.1, 0.15) is 0 Å². The lowest BCUT2D eigenvalue weighted by atomic mass is 10.1. The number of para-hydroxylation sites is 1. The molecule has 0 saturated heterocycles. The normalized spacial score (nSPS) is 13.1. The fourth-order valence-electron chi connectivity index (χ4n) is 2.69. The quantitative estimate of drug-likeness (QED) is 0.655. The van der Waals surface area contributed by atoms with E-state index >= 15 is 0 Å². The van der Waals surface area contributed by atoms with Crippen molar-refractivity contribution in [3.8, 4) is 11.4 Å². The number of hydrogen-bond acceptors (Lipinski definition) is 6. The highest BCUT2D eigenvalue weighted by Crippen LogP contribution is 2.22. The number of anilines is 1. The van der Waals surface area contributed by atoms with Gasteiger partial charge in [0, 0.05) is 36.8 Å². The molecule has 2 heterocycles. The van der Waals surface area contributed by atoms with Crippen molar-refractivity contribution in [2.75, 3.05) is 5.32 Å². The number of pyridine rings is 1. The molecule has 4 rings (SSSR count). The van der Waals surface area contributed by atoms with E-state index in [0.29, 0.717) is 29.4 Å². The molecule has 3 aromatic rings. The van der Waals surface area contributed by atoms with Gasteiger partial charge in [0.15, 0.2) is 0 Å².